The summed E-state index contributed by atoms with van der Waals surface area (Å²) in [5.74, 6) is 0.0573. The van der Waals surface area contributed by atoms with Crippen molar-refractivity contribution in [3.8, 4) is 0 Å². The highest BCUT2D eigenvalue weighted by Gasteiger charge is 2.16. The highest BCUT2D eigenvalue weighted by molar-refractivity contribution is 7.18. The van der Waals surface area contributed by atoms with E-state index in [2.05, 4.69) is 10.3 Å². The number of amides is 1. The van der Waals surface area contributed by atoms with E-state index in [0.717, 1.165) is 11.3 Å². The van der Waals surface area contributed by atoms with E-state index in [9.17, 15) is 14.9 Å². The first kappa shape index (κ1) is 13.7. The molecule has 0 atom stereocenters. The first-order valence-corrected chi connectivity index (χ1v) is 6.68. The van der Waals surface area contributed by atoms with E-state index in [1.54, 1.807) is 4.90 Å². The van der Waals surface area contributed by atoms with Crippen molar-refractivity contribution in [1.29, 1.82) is 0 Å². The van der Waals surface area contributed by atoms with Crippen LogP contribution in [0, 0.1) is 10.1 Å². The molecule has 0 unspecified atom stereocenters. The molecule has 19 heavy (non-hydrogen) atoms. The van der Waals surface area contributed by atoms with Crippen molar-refractivity contribution in [2.75, 3.05) is 38.2 Å². The average molecular weight is 286 g/mol. The Morgan fingerprint density at radius 2 is 2.32 bits per heavy atom. The van der Waals surface area contributed by atoms with Crippen LogP contribution in [0.25, 0.3) is 0 Å². The zero-order valence-electron chi connectivity index (χ0n) is 10.2. The number of anilines is 1. The molecule has 1 aliphatic heterocycles. The SMILES string of the molecule is O=C(CCNc1ncc([N+](=O)[O-])s1)N1CCOCC1. The Hall–Kier alpha value is -1.74. The number of carbonyl (C=O) groups is 1. The van der Waals surface area contributed by atoms with Gasteiger partial charge in [0, 0.05) is 26.1 Å². The maximum Gasteiger partial charge on any atom is 0.345 e. The Bertz CT molecular complexity index is 458. The Morgan fingerprint density at radius 1 is 1.58 bits per heavy atom. The zero-order valence-corrected chi connectivity index (χ0v) is 11.0. The van der Waals surface area contributed by atoms with Crippen LogP contribution < -0.4 is 5.32 Å². The second-order valence-electron chi connectivity index (χ2n) is 3.93. The van der Waals surface area contributed by atoms with E-state index in [1.165, 1.54) is 6.20 Å². The Balaban J connectivity index is 1.73. The van der Waals surface area contributed by atoms with Crippen LogP contribution in [-0.4, -0.2) is 53.6 Å². The largest absolute Gasteiger partial charge is 0.378 e. The number of carbonyl (C=O) groups excluding carboxylic acids is 1. The third-order valence-electron chi connectivity index (χ3n) is 2.65. The van der Waals surface area contributed by atoms with Gasteiger partial charge in [-0.2, -0.15) is 0 Å². The highest BCUT2D eigenvalue weighted by Crippen LogP contribution is 2.24. The fourth-order valence-electron chi connectivity index (χ4n) is 1.68. The lowest BCUT2D eigenvalue weighted by Gasteiger charge is -2.26. The quantitative estimate of drug-likeness (QED) is 0.632. The van der Waals surface area contributed by atoms with Gasteiger partial charge in [0.15, 0.2) is 5.13 Å². The summed E-state index contributed by atoms with van der Waals surface area (Å²) in [5, 5.41) is 13.8. The molecule has 0 spiro atoms. The van der Waals surface area contributed by atoms with Gasteiger partial charge in [-0.3, -0.25) is 14.9 Å². The molecular weight excluding hydrogens is 272 g/mol. The topological polar surface area (TPSA) is 97.6 Å². The first-order valence-electron chi connectivity index (χ1n) is 5.86. The number of hydrogen-bond acceptors (Lipinski definition) is 7. The Labute approximate surface area is 113 Å². The molecule has 1 aromatic rings. The average Bonchev–Trinajstić information content (AvgIpc) is 2.89. The number of aromatic nitrogens is 1. The summed E-state index contributed by atoms with van der Waals surface area (Å²) in [5.41, 5.74) is 0. The molecule has 2 heterocycles. The number of ether oxygens (including phenoxy) is 1. The molecule has 0 radical (unpaired) electrons. The van der Waals surface area contributed by atoms with Gasteiger partial charge in [-0.05, 0) is 11.3 Å². The molecule has 1 saturated heterocycles. The van der Waals surface area contributed by atoms with Crippen molar-refractivity contribution in [2.45, 2.75) is 6.42 Å². The van der Waals surface area contributed by atoms with Gasteiger partial charge in [-0.25, -0.2) is 4.98 Å². The molecule has 0 aliphatic carbocycles. The predicted octanol–water partition coefficient (Wildman–Crippen LogP) is 0.712. The van der Waals surface area contributed by atoms with Gasteiger partial charge in [-0.15, -0.1) is 0 Å². The number of thiazole rings is 1. The lowest BCUT2D eigenvalue weighted by Crippen LogP contribution is -2.41. The number of nitrogens with one attached hydrogen (secondary N) is 1. The van der Waals surface area contributed by atoms with Gasteiger partial charge >= 0.3 is 5.00 Å². The van der Waals surface area contributed by atoms with E-state index in [4.69, 9.17) is 4.74 Å². The molecule has 1 amide bonds. The van der Waals surface area contributed by atoms with Crippen LogP contribution in [0.1, 0.15) is 6.42 Å². The Kier molecular flexibility index (Phi) is 4.63. The fourth-order valence-corrected chi connectivity index (χ4v) is 2.34. The molecule has 8 nitrogen and oxygen atoms in total. The summed E-state index contributed by atoms with van der Waals surface area (Å²) >= 11 is 0.962. The number of hydrogen-bond donors (Lipinski definition) is 1. The molecule has 1 fully saturated rings. The van der Waals surface area contributed by atoms with Crippen molar-refractivity contribution in [3.05, 3.63) is 16.3 Å². The van der Waals surface area contributed by atoms with E-state index in [-0.39, 0.29) is 10.9 Å². The number of morpholine rings is 1. The number of rotatable bonds is 5. The van der Waals surface area contributed by atoms with Crippen LogP contribution in [0.2, 0.25) is 0 Å². The lowest BCUT2D eigenvalue weighted by atomic mass is 10.3. The van der Waals surface area contributed by atoms with Gasteiger partial charge in [-0.1, -0.05) is 0 Å². The van der Waals surface area contributed by atoms with Gasteiger partial charge in [0.2, 0.25) is 5.91 Å². The van der Waals surface area contributed by atoms with Gasteiger partial charge < -0.3 is 15.0 Å². The van der Waals surface area contributed by atoms with Crippen LogP contribution in [-0.2, 0) is 9.53 Å². The van der Waals surface area contributed by atoms with Crippen LogP contribution in [0.4, 0.5) is 10.1 Å². The second kappa shape index (κ2) is 6.43. The minimum atomic E-state index is -0.484. The third kappa shape index (κ3) is 3.86. The minimum absolute atomic E-state index is 0.0120. The standard InChI is InChI=1S/C10H14N4O4S/c15-8(13-3-5-18-6-4-13)1-2-11-10-12-7-9(19-10)14(16)17/h7H,1-6H2,(H,11,12). The van der Waals surface area contributed by atoms with Crippen molar-refractivity contribution < 1.29 is 14.5 Å². The maximum absolute atomic E-state index is 11.8. The fraction of sp³-hybridized carbons (Fsp3) is 0.600. The summed E-state index contributed by atoms with van der Waals surface area (Å²) in [6.45, 7) is 2.83. The van der Waals surface area contributed by atoms with Gasteiger partial charge in [0.25, 0.3) is 0 Å². The molecule has 9 heteroatoms. The summed E-state index contributed by atoms with van der Waals surface area (Å²) in [6.07, 6.45) is 1.55. The van der Waals surface area contributed by atoms with Gasteiger partial charge in [0.05, 0.1) is 18.1 Å². The number of nitro groups is 1. The predicted molar refractivity (Wildman–Crippen MR) is 69.3 cm³/mol. The monoisotopic (exact) mass is 286 g/mol. The molecule has 2 rings (SSSR count). The highest BCUT2D eigenvalue weighted by atomic mass is 32.1. The van der Waals surface area contributed by atoms with E-state index in [0.29, 0.717) is 44.4 Å². The van der Waals surface area contributed by atoms with Crippen LogP contribution in [0.15, 0.2) is 6.20 Å². The molecule has 104 valence electrons. The van der Waals surface area contributed by atoms with Crippen molar-refractivity contribution in [3.63, 3.8) is 0 Å². The normalized spacial score (nSPS) is 15.3. The van der Waals surface area contributed by atoms with Crippen molar-refractivity contribution in [2.24, 2.45) is 0 Å². The number of nitrogens with zero attached hydrogens (tertiary/aromatic N) is 3. The summed E-state index contributed by atoms with van der Waals surface area (Å²) < 4.78 is 5.17. The van der Waals surface area contributed by atoms with Crippen LogP contribution in [0.3, 0.4) is 0 Å². The summed E-state index contributed by atoms with van der Waals surface area (Å²) in [6, 6.07) is 0. The summed E-state index contributed by atoms with van der Waals surface area (Å²) in [7, 11) is 0. The third-order valence-corrected chi connectivity index (χ3v) is 3.56. The van der Waals surface area contributed by atoms with Crippen LogP contribution in [0.5, 0.6) is 0 Å². The van der Waals surface area contributed by atoms with Crippen molar-refractivity contribution >= 4 is 27.4 Å². The van der Waals surface area contributed by atoms with Crippen molar-refractivity contribution in [1.82, 2.24) is 9.88 Å². The van der Waals surface area contributed by atoms with Crippen LogP contribution >= 0.6 is 11.3 Å². The zero-order chi connectivity index (χ0) is 13.7. The first-order chi connectivity index (χ1) is 9.16. The molecule has 0 saturated carbocycles. The lowest BCUT2D eigenvalue weighted by molar-refractivity contribution is -0.380. The maximum atomic E-state index is 11.8. The summed E-state index contributed by atoms with van der Waals surface area (Å²) in [4.78, 5) is 27.4. The smallest absolute Gasteiger partial charge is 0.345 e. The molecule has 0 aromatic carbocycles. The van der Waals surface area contributed by atoms with E-state index in [1.807, 2.05) is 0 Å². The molecule has 1 N–H and O–H groups in total. The van der Waals surface area contributed by atoms with E-state index >= 15 is 0 Å². The molecule has 1 aliphatic rings. The molecule has 0 bridgehead atoms. The van der Waals surface area contributed by atoms with Gasteiger partial charge in [0.1, 0.15) is 6.20 Å². The Morgan fingerprint density at radius 3 is 2.95 bits per heavy atom. The van der Waals surface area contributed by atoms with E-state index < -0.39 is 4.92 Å². The molecule has 1 aromatic heterocycles. The minimum Gasteiger partial charge on any atom is -0.378 e. The second-order valence-corrected chi connectivity index (χ2v) is 4.94. The molecular formula is C10H14N4O4S.